The lowest BCUT2D eigenvalue weighted by molar-refractivity contribution is 0.00917. The minimum atomic E-state index is -0.526. The Labute approximate surface area is 192 Å². The summed E-state index contributed by atoms with van der Waals surface area (Å²) in [5, 5.41) is 8.19. The predicted molar refractivity (Wildman–Crippen MR) is 125 cm³/mol. The second kappa shape index (κ2) is 8.61. The maximum atomic E-state index is 12.6. The average molecular weight is 449 g/mol. The Hall–Kier alpha value is -3.23. The van der Waals surface area contributed by atoms with Gasteiger partial charge in [-0.3, -0.25) is 5.32 Å². The molecule has 2 aliphatic heterocycles. The molecule has 1 aromatic heterocycles. The molecule has 8 heteroatoms. The average Bonchev–Trinajstić information content (AvgIpc) is 3.37. The highest BCUT2D eigenvalue weighted by Crippen LogP contribution is 2.31. The summed E-state index contributed by atoms with van der Waals surface area (Å²) in [4.78, 5) is 21.6. The molecule has 8 nitrogen and oxygen atoms in total. The van der Waals surface area contributed by atoms with Crippen molar-refractivity contribution in [3.63, 3.8) is 0 Å². The van der Waals surface area contributed by atoms with E-state index in [2.05, 4.69) is 41.4 Å². The van der Waals surface area contributed by atoms with E-state index in [9.17, 15) is 4.79 Å². The van der Waals surface area contributed by atoms with Gasteiger partial charge in [-0.15, -0.1) is 0 Å². The smallest absolute Gasteiger partial charge is 0.412 e. The van der Waals surface area contributed by atoms with Crippen LogP contribution >= 0.6 is 0 Å². The Kier molecular flexibility index (Phi) is 5.64. The number of hydrogen-bond donors (Lipinski definition) is 2. The largest absolute Gasteiger partial charge is 0.441 e. The molecule has 0 aliphatic carbocycles. The van der Waals surface area contributed by atoms with Crippen LogP contribution in [0, 0.1) is 0 Å². The number of aromatic nitrogens is 2. The van der Waals surface area contributed by atoms with Crippen LogP contribution in [0.25, 0.3) is 10.8 Å². The number of benzene rings is 2. The maximum Gasteiger partial charge on any atom is 0.412 e. The Balaban J connectivity index is 1.21. The first-order chi connectivity index (χ1) is 15.9. The van der Waals surface area contributed by atoms with Crippen molar-refractivity contribution < 1.29 is 19.0 Å². The first-order valence-corrected chi connectivity index (χ1v) is 11.2. The fourth-order valence-corrected chi connectivity index (χ4v) is 4.31. The van der Waals surface area contributed by atoms with Crippen LogP contribution < -0.4 is 10.6 Å². The van der Waals surface area contributed by atoms with Crippen molar-refractivity contribution in [2.24, 2.45) is 0 Å². The van der Waals surface area contributed by atoms with Crippen LogP contribution in [0.2, 0.25) is 0 Å². The number of ether oxygens (including phenoxy) is 3. The molecular formula is C25H28N4O4. The Morgan fingerprint density at radius 1 is 1.03 bits per heavy atom. The molecule has 3 heterocycles. The monoisotopic (exact) mass is 448 g/mol. The summed E-state index contributed by atoms with van der Waals surface area (Å²) in [5.41, 5.74) is 1.58. The molecule has 33 heavy (non-hydrogen) atoms. The number of nitrogens with zero attached hydrogens (tertiary/aromatic N) is 2. The molecule has 2 N–H and O–H groups in total. The van der Waals surface area contributed by atoms with Crippen molar-refractivity contribution in [1.82, 2.24) is 9.97 Å². The summed E-state index contributed by atoms with van der Waals surface area (Å²) in [6.07, 6.45) is 0.150. The minimum Gasteiger partial charge on any atom is -0.441 e. The van der Waals surface area contributed by atoms with E-state index in [0.29, 0.717) is 18.2 Å². The first kappa shape index (κ1) is 21.6. The van der Waals surface area contributed by atoms with Gasteiger partial charge in [0, 0.05) is 17.0 Å². The lowest BCUT2D eigenvalue weighted by Gasteiger charge is -2.20. The molecule has 2 aliphatic rings. The predicted octanol–water partition coefficient (Wildman–Crippen LogP) is 4.12. The molecule has 0 spiro atoms. The number of rotatable bonds is 4. The minimum absolute atomic E-state index is 0.0751. The third-order valence-electron chi connectivity index (χ3n) is 6.03. The van der Waals surface area contributed by atoms with Crippen molar-refractivity contribution in [2.75, 3.05) is 23.8 Å². The molecule has 2 saturated heterocycles. The molecule has 0 radical (unpaired) electrons. The highest BCUT2D eigenvalue weighted by Gasteiger charge is 2.49. The number of nitrogens with one attached hydrogen (secondary N) is 2. The van der Waals surface area contributed by atoms with Gasteiger partial charge < -0.3 is 19.5 Å². The van der Waals surface area contributed by atoms with E-state index in [-0.39, 0.29) is 30.3 Å². The highest BCUT2D eigenvalue weighted by molar-refractivity contribution is 6.00. The quantitative estimate of drug-likeness (QED) is 0.620. The van der Waals surface area contributed by atoms with Gasteiger partial charge in [-0.25, -0.2) is 14.8 Å². The number of carbonyl (C=O) groups is 1. The molecule has 4 atom stereocenters. The third-order valence-corrected chi connectivity index (χ3v) is 6.03. The van der Waals surface area contributed by atoms with Crippen LogP contribution in [-0.4, -0.2) is 53.6 Å². The number of fused-ring (bicyclic) bond motifs is 2. The zero-order chi connectivity index (χ0) is 23.0. The van der Waals surface area contributed by atoms with Gasteiger partial charge in [0.1, 0.15) is 12.2 Å². The maximum absolute atomic E-state index is 12.6. The van der Waals surface area contributed by atoms with Crippen molar-refractivity contribution in [2.45, 2.75) is 50.5 Å². The number of hydrogen-bond acceptors (Lipinski definition) is 7. The van der Waals surface area contributed by atoms with Gasteiger partial charge in [0.2, 0.25) is 5.95 Å². The number of amides is 1. The standard InChI is InChI=1S/C25H28N4O4/c1-25(2,3)20-11-12-26-23(29-20)27-18-13-31-22-19(14-32-21(18)22)33-24(30)28-17-10-6-8-15-7-4-5-9-16(15)17/h4-12,18-19,21-22H,13-14H2,1-3H3,(H,28,30)(H,26,27,29)/t18-,19+,21+,22+/m0/s1. The molecule has 172 valence electrons. The van der Waals surface area contributed by atoms with Crippen LogP contribution in [0.15, 0.2) is 54.7 Å². The zero-order valence-corrected chi connectivity index (χ0v) is 18.9. The van der Waals surface area contributed by atoms with Gasteiger partial charge in [0.15, 0.2) is 6.10 Å². The Morgan fingerprint density at radius 3 is 2.67 bits per heavy atom. The third kappa shape index (κ3) is 4.49. The fourth-order valence-electron chi connectivity index (χ4n) is 4.31. The number of anilines is 2. The SMILES string of the molecule is CC(C)(C)c1ccnc(N[C@H]2CO[C@H]3[C@@H]2OC[C@H]3OC(=O)Nc2cccc3ccccc23)n1. The lowest BCUT2D eigenvalue weighted by Crippen LogP contribution is -2.38. The van der Waals surface area contributed by atoms with Gasteiger partial charge >= 0.3 is 6.09 Å². The second-order valence-corrected chi connectivity index (χ2v) is 9.46. The zero-order valence-electron chi connectivity index (χ0n) is 18.9. The summed E-state index contributed by atoms with van der Waals surface area (Å²) in [5.74, 6) is 0.540. The van der Waals surface area contributed by atoms with Crippen LogP contribution in [0.4, 0.5) is 16.4 Å². The second-order valence-electron chi connectivity index (χ2n) is 9.46. The molecule has 0 unspecified atom stereocenters. The molecule has 1 amide bonds. The van der Waals surface area contributed by atoms with E-state index in [1.165, 1.54) is 0 Å². The van der Waals surface area contributed by atoms with E-state index in [4.69, 9.17) is 14.2 Å². The fraction of sp³-hybridized carbons (Fsp3) is 0.400. The van der Waals surface area contributed by atoms with Crippen LogP contribution in [-0.2, 0) is 19.6 Å². The molecule has 0 saturated carbocycles. The van der Waals surface area contributed by atoms with Crippen molar-refractivity contribution >= 4 is 28.5 Å². The van der Waals surface area contributed by atoms with E-state index in [1.807, 2.05) is 48.5 Å². The van der Waals surface area contributed by atoms with Gasteiger partial charge in [-0.05, 0) is 17.5 Å². The summed E-state index contributed by atoms with van der Waals surface area (Å²) in [6.45, 7) is 7.03. The molecule has 2 aromatic carbocycles. The lowest BCUT2D eigenvalue weighted by atomic mass is 9.92. The molecule has 5 rings (SSSR count). The van der Waals surface area contributed by atoms with Gasteiger partial charge in [-0.2, -0.15) is 0 Å². The van der Waals surface area contributed by atoms with Gasteiger partial charge in [0.05, 0.1) is 30.6 Å². The number of carbonyl (C=O) groups excluding carboxylic acids is 1. The molecule has 2 fully saturated rings. The Morgan fingerprint density at radius 2 is 1.82 bits per heavy atom. The molecule has 0 bridgehead atoms. The van der Waals surface area contributed by atoms with Crippen molar-refractivity contribution in [3.8, 4) is 0 Å². The van der Waals surface area contributed by atoms with E-state index in [0.717, 1.165) is 16.5 Å². The summed E-state index contributed by atoms with van der Waals surface area (Å²) < 4.78 is 17.6. The van der Waals surface area contributed by atoms with Crippen molar-refractivity contribution in [1.29, 1.82) is 0 Å². The summed E-state index contributed by atoms with van der Waals surface area (Å²) >= 11 is 0. The normalized spacial score (nSPS) is 24.5. The summed E-state index contributed by atoms with van der Waals surface area (Å²) in [7, 11) is 0. The van der Waals surface area contributed by atoms with Gasteiger partial charge in [0.25, 0.3) is 0 Å². The van der Waals surface area contributed by atoms with E-state index >= 15 is 0 Å². The molecule has 3 aromatic rings. The van der Waals surface area contributed by atoms with E-state index in [1.54, 1.807) is 6.20 Å². The van der Waals surface area contributed by atoms with Crippen LogP contribution in [0.1, 0.15) is 26.5 Å². The summed E-state index contributed by atoms with van der Waals surface area (Å²) in [6, 6.07) is 15.4. The van der Waals surface area contributed by atoms with Crippen molar-refractivity contribution in [3.05, 3.63) is 60.4 Å². The highest BCUT2D eigenvalue weighted by atomic mass is 16.6. The molecular weight excluding hydrogens is 420 g/mol. The van der Waals surface area contributed by atoms with Crippen LogP contribution in [0.3, 0.4) is 0 Å². The Bertz CT molecular complexity index is 1160. The van der Waals surface area contributed by atoms with Gasteiger partial charge in [-0.1, -0.05) is 57.2 Å². The first-order valence-electron chi connectivity index (χ1n) is 11.2. The van der Waals surface area contributed by atoms with Crippen LogP contribution in [0.5, 0.6) is 0 Å². The van der Waals surface area contributed by atoms with E-state index < -0.39 is 12.2 Å². The topological polar surface area (TPSA) is 94.6 Å².